The molecule has 1 heterocycles. The average molecular weight is 230 g/mol. The molecule has 1 nitrogen and oxygen atoms in total. The molecular weight excluding hydrogens is 215 g/mol. The topological polar surface area (TPSA) is 4.44 Å². The van der Waals surface area contributed by atoms with Crippen molar-refractivity contribution in [2.75, 3.05) is 13.6 Å². The largest absolute Gasteiger partial charge is 0.416 e. The number of rotatable bonds is 0. The molecule has 0 radical (unpaired) electrons. The zero-order valence-corrected chi connectivity index (χ0v) is 9.57. The molecule has 0 aliphatic carbocycles. The Bertz CT molecular complexity index is 421. The minimum absolute atomic E-state index is 0.0381. The molecule has 2 rings (SSSR count). The molecule has 0 amide bonds. The number of hydrogen-bond donors (Lipinski definition) is 1. The van der Waals surface area contributed by atoms with Crippen LogP contribution in [-0.2, 0) is 11.6 Å². The van der Waals surface area contributed by atoms with E-state index in [9.17, 15) is 13.2 Å². The molecule has 0 saturated heterocycles. The van der Waals surface area contributed by atoms with Gasteiger partial charge in [-0.05, 0) is 6.07 Å². The number of likely N-dealkylation sites (N-methyl/N-ethyl adjacent to an activating group) is 1. The van der Waals surface area contributed by atoms with E-state index in [-0.39, 0.29) is 5.41 Å². The molecule has 16 heavy (non-hydrogen) atoms. The first kappa shape index (κ1) is 11.5. The lowest BCUT2D eigenvalue weighted by atomic mass is 9.86. The number of benzene rings is 1. The maximum atomic E-state index is 12.6. The number of quaternary nitrogens is 1. The first-order valence-electron chi connectivity index (χ1n) is 5.26. The molecule has 4 heteroatoms. The molecular formula is C12H15F3N+. The van der Waals surface area contributed by atoms with Crippen LogP contribution >= 0.6 is 0 Å². The smallest absolute Gasteiger partial charge is 0.304 e. The summed E-state index contributed by atoms with van der Waals surface area (Å²) >= 11 is 0. The molecule has 1 aromatic rings. The van der Waals surface area contributed by atoms with Gasteiger partial charge >= 0.3 is 6.18 Å². The van der Waals surface area contributed by atoms with Crippen LogP contribution in [0, 0.1) is 0 Å². The lowest BCUT2D eigenvalue weighted by molar-refractivity contribution is -0.806. The second-order valence-electron chi connectivity index (χ2n) is 5.10. The van der Waals surface area contributed by atoms with Crippen molar-refractivity contribution in [2.45, 2.75) is 25.4 Å². The van der Waals surface area contributed by atoms with Gasteiger partial charge in [-0.25, -0.2) is 0 Å². The first-order chi connectivity index (χ1) is 7.22. The summed E-state index contributed by atoms with van der Waals surface area (Å²) in [4.78, 5) is 1.05. The molecule has 1 atom stereocenters. The fraction of sp³-hybridized carbons (Fsp3) is 0.500. The van der Waals surface area contributed by atoms with Crippen LogP contribution in [0.1, 0.15) is 25.0 Å². The summed E-state index contributed by atoms with van der Waals surface area (Å²) in [5.74, 6) is 0. The Labute approximate surface area is 92.9 Å². The van der Waals surface area contributed by atoms with Gasteiger partial charge in [-0.3, -0.25) is 0 Å². The predicted molar refractivity (Wildman–Crippen MR) is 55.9 cm³/mol. The van der Waals surface area contributed by atoms with E-state index in [4.69, 9.17) is 0 Å². The van der Waals surface area contributed by atoms with Crippen LogP contribution < -0.4 is 4.90 Å². The van der Waals surface area contributed by atoms with Crippen molar-refractivity contribution in [3.8, 4) is 0 Å². The standard InChI is InChI=1S/C12H14F3N/c1-11(2)7-16(3)10-6-8(12(13,14)15)4-5-9(10)11/h4-6H,7H2,1-3H3/p+1. The molecule has 1 aliphatic heterocycles. The summed E-state index contributed by atoms with van der Waals surface area (Å²) in [5.41, 5.74) is 1.21. The third-order valence-corrected chi connectivity index (χ3v) is 3.24. The fourth-order valence-electron chi connectivity index (χ4n) is 2.52. The number of alkyl halides is 3. The molecule has 1 aliphatic rings. The Morgan fingerprint density at radius 3 is 2.44 bits per heavy atom. The van der Waals surface area contributed by atoms with Gasteiger partial charge in [0, 0.05) is 17.0 Å². The molecule has 0 saturated carbocycles. The molecule has 88 valence electrons. The molecule has 0 aromatic heterocycles. The van der Waals surface area contributed by atoms with E-state index in [1.54, 1.807) is 6.07 Å². The van der Waals surface area contributed by atoms with E-state index in [1.165, 1.54) is 12.1 Å². The van der Waals surface area contributed by atoms with Gasteiger partial charge in [-0.2, -0.15) is 13.2 Å². The van der Waals surface area contributed by atoms with Gasteiger partial charge in [0.05, 0.1) is 19.2 Å². The van der Waals surface area contributed by atoms with E-state index in [1.807, 2.05) is 7.05 Å². The zero-order chi connectivity index (χ0) is 12.1. The van der Waals surface area contributed by atoms with Crippen molar-refractivity contribution in [1.29, 1.82) is 0 Å². The highest BCUT2D eigenvalue weighted by Crippen LogP contribution is 2.36. The second kappa shape index (κ2) is 3.23. The highest BCUT2D eigenvalue weighted by molar-refractivity contribution is 5.50. The summed E-state index contributed by atoms with van der Waals surface area (Å²) < 4.78 is 37.7. The van der Waals surface area contributed by atoms with Crippen LogP contribution in [0.15, 0.2) is 18.2 Å². The molecule has 1 aromatic carbocycles. The Kier molecular flexibility index (Phi) is 2.31. The van der Waals surface area contributed by atoms with Crippen molar-refractivity contribution in [3.63, 3.8) is 0 Å². The summed E-state index contributed by atoms with van der Waals surface area (Å²) in [6.07, 6.45) is -4.25. The van der Waals surface area contributed by atoms with Crippen LogP contribution in [0.5, 0.6) is 0 Å². The summed E-state index contributed by atoms with van der Waals surface area (Å²) in [6.45, 7) is 4.97. The van der Waals surface area contributed by atoms with Crippen LogP contribution in [0.2, 0.25) is 0 Å². The Balaban J connectivity index is 2.53. The number of halogens is 3. The quantitative estimate of drug-likeness (QED) is 0.696. The Morgan fingerprint density at radius 1 is 1.25 bits per heavy atom. The van der Waals surface area contributed by atoms with Gasteiger partial charge in [0.25, 0.3) is 0 Å². The number of nitrogens with one attached hydrogen (secondary N) is 1. The minimum Gasteiger partial charge on any atom is -0.304 e. The zero-order valence-electron chi connectivity index (χ0n) is 9.57. The lowest BCUT2D eigenvalue weighted by Crippen LogP contribution is -3.03. The van der Waals surface area contributed by atoms with Crippen LogP contribution in [0.3, 0.4) is 0 Å². The number of hydrogen-bond acceptors (Lipinski definition) is 0. The van der Waals surface area contributed by atoms with Gasteiger partial charge in [-0.1, -0.05) is 19.9 Å². The van der Waals surface area contributed by atoms with Crippen LogP contribution in [0.25, 0.3) is 0 Å². The summed E-state index contributed by atoms with van der Waals surface area (Å²) in [6, 6.07) is 4.08. The maximum Gasteiger partial charge on any atom is 0.416 e. The van der Waals surface area contributed by atoms with Crippen molar-refractivity contribution in [2.24, 2.45) is 0 Å². The highest BCUT2D eigenvalue weighted by Gasteiger charge is 2.40. The maximum absolute atomic E-state index is 12.6. The molecule has 0 spiro atoms. The van der Waals surface area contributed by atoms with Crippen LogP contribution in [-0.4, -0.2) is 13.6 Å². The van der Waals surface area contributed by atoms with Crippen molar-refractivity contribution in [1.82, 2.24) is 0 Å². The number of fused-ring (bicyclic) bond motifs is 1. The van der Waals surface area contributed by atoms with Crippen molar-refractivity contribution >= 4 is 5.69 Å². The SMILES string of the molecule is C[NH+]1CC(C)(C)c2ccc(C(F)(F)F)cc21. The highest BCUT2D eigenvalue weighted by atomic mass is 19.4. The third-order valence-electron chi connectivity index (χ3n) is 3.24. The van der Waals surface area contributed by atoms with E-state index >= 15 is 0 Å². The van der Waals surface area contributed by atoms with E-state index in [0.717, 1.165) is 22.7 Å². The fourth-order valence-corrected chi connectivity index (χ4v) is 2.52. The van der Waals surface area contributed by atoms with E-state index < -0.39 is 11.7 Å². The van der Waals surface area contributed by atoms with Gasteiger partial charge in [0.1, 0.15) is 5.69 Å². The van der Waals surface area contributed by atoms with E-state index in [0.29, 0.717) is 0 Å². The first-order valence-corrected chi connectivity index (χ1v) is 5.26. The average Bonchev–Trinajstić information content (AvgIpc) is 2.36. The lowest BCUT2D eigenvalue weighted by Gasteiger charge is -2.14. The summed E-state index contributed by atoms with van der Waals surface area (Å²) in [5, 5.41) is 0. The van der Waals surface area contributed by atoms with E-state index in [2.05, 4.69) is 13.8 Å². The third kappa shape index (κ3) is 1.71. The molecule has 0 fully saturated rings. The monoisotopic (exact) mass is 230 g/mol. The van der Waals surface area contributed by atoms with Gasteiger partial charge < -0.3 is 4.90 Å². The van der Waals surface area contributed by atoms with Gasteiger partial charge in [-0.15, -0.1) is 0 Å². The normalized spacial score (nSPS) is 23.2. The Hall–Kier alpha value is -1.03. The van der Waals surface area contributed by atoms with Crippen molar-refractivity contribution < 1.29 is 18.1 Å². The molecule has 0 bridgehead atoms. The van der Waals surface area contributed by atoms with Gasteiger partial charge in [0.2, 0.25) is 0 Å². The van der Waals surface area contributed by atoms with Crippen LogP contribution in [0.4, 0.5) is 18.9 Å². The predicted octanol–water partition coefficient (Wildman–Crippen LogP) is 2.14. The second-order valence-corrected chi connectivity index (χ2v) is 5.10. The minimum atomic E-state index is -4.25. The Morgan fingerprint density at radius 2 is 1.88 bits per heavy atom. The molecule has 1 N–H and O–H groups in total. The summed E-state index contributed by atoms with van der Waals surface area (Å²) in [7, 11) is 1.91. The van der Waals surface area contributed by atoms with Gasteiger partial charge in [0.15, 0.2) is 0 Å². The van der Waals surface area contributed by atoms with Crippen molar-refractivity contribution in [3.05, 3.63) is 29.3 Å². The molecule has 1 unspecified atom stereocenters.